The number of carbonyl (C=O) groups is 4. The summed E-state index contributed by atoms with van der Waals surface area (Å²) in [6.07, 6.45) is -3.72. The zero-order chi connectivity index (χ0) is 33.6. The van der Waals surface area contributed by atoms with Crippen LogP contribution in [0, 0.1) is 11.8 Å². The molecule has 6 atom stereocenters. The van der Waals surface area contributed by atoms with E-state index in [1.165, 1.54) is 38.1 Å². The number of hydrogen-bond acceptors (Lipinski definition) is 14. The highest BCUT2D eigenvalue weighted by Crippen LogP contribution is 2.55. The molecule has 0 amide bonds. The fourth-order valence-corrected chi connectivity index (χ4v) is 7.00. The van der Waals surface area contributed by atoms with Crippen LogP contribution >= 0.6 is 0 Å². The van der Waals surface area contributed by atoms with Crippen LogP contribution in [0.3, 0.4) is 0 Å². The van der Waals surface area contributed by atoms with Gasteiger partial charge in [0.25, 0.3) is 11.2 Å². The van der Waals surface area contributed by atoms with E-state index in [1.54, 1.807) is 0 Å². The number of fused-ring (bicyclic) bond motifs is 4. The SMILES string of the molecule is COC(=O)C12Oc3ccc(-c4ccc5c(c4O)C(O)=C4C(=O)CC(C)C(O)C4(C(=O)OC)O5)c(O)c3C(O)=C1C(=O)CC(C)C2O. The molecular formula is C32H30O14. The van der Waals surface area contributed by atoms with Crippen LogP contribution in [0.2, 0.25) is 0 Å². The largest absolute Gasteiger partial charge is 0.506 e. The summed E-state index contributed by atoms with van der Waals surface area (Å²) in [5.41, 5.74) is -7.25. The summed E-state index contributed by atoms with van der Waals surface area (Å²) in [7, 11) is 2.04. The van der Waals surface area contributed by atoms with Gasteiger partial charge in [0.05, 0.1) is 25.4 Å². The monoisotopic (exact) mass is 638 g/mol. The van der Waals surface area contributed by atoms with Crippen molar-refractivity contribution in [1.82, 2.24) is 0 Å². The van der Waals surface area contributed by atoms with E-state index < -0.39 is 104 Å². The lowest BCUT2D eigenvalue weighted by atomic mass is 9.69. The number of phenols is 2. The molecule has 6 rings (SSSR count). The van der Waals surface area contributed by atoms with Gasteiger partial charge in [-0.1, -0.05) is 13.8 Å². The van der Waals surface area contributed by atoms with Crippen molar-refractivity contribution in [1.29, 1.82) is 0 Å². The highest BCUT2D eigenvalue weighted by atomic mass is 16.6. The van der Waals surface area contributed by atoms with Crippen molar-refractivity contribution in [3.05, 3.63) is 46.5 Å². The number of aliphatic hydroxyl groups is 4. The van der Waals surface area contributed by atoms with Crippen LogP contribution in [0.4, 0.5) is 0 Å². The number of ketones is 2. The first-order valence-corrected chi connectivity index (χ1v) is 14.3. The van der Waals surface area contributed by atoms with Gasteiger partial charge < -0.3 is 49.6 Å². The van der Waals surface area contributed by atoms with E-state index >= 15 is 0 Å². The van der Waals surface area contributed by atoms with Crippen molar-refractivity contribution < 1.29 is 68.8 Å². The average Bonchev–Trinajstić information content (AvgIpc) is 3.01. The molecule has 6 N–H and O–H groups in total. The Hall–Kier alpha value is -5.08. The summed E-state index contributed by atoms with van der Waals surface area (Å²) in [6.45, 7) is 3.04. The molecule has 4 aliphatic rings. The van der Waals surface area contributed by atoms with Gasteiger partial charge in [-0.3, -0.25) is 9.59 Å². The lowest BCUT2D eigenvalue weighted by Crippen LogP contribution is -2.64. The number of phenolic OH excluding ortho intramolecular Hbond substituents is 2. The van der Waals surface area contributed by atoms with Crippen LogP contribution in [0.1, 0.15) is 37.8 Å². The molecule has 2 aromatic carbocycles. The second-order valence-electron chi connectivity index (χ2n) is 11.9. The molecule has 2 heterocycles. The summed E-state index contributed by atoms with van der Waals surface area (Å²) >= 11 is 0. The fourth-order valence-electron chi connectivity index (χ4n) is 7.00. The third-order valence-corrected chi connectivity index (χ3v) is 9.26. The fraction of sp³-hybridized carbons (Fsp3) is 0.375. The zero-order valence-electron chi connectivity index (χ0n) is 25.0. The standard InChI is InChI=1S/C32H30O14/c1-11-9-15(33)21-25(37)19-17(45-31(21,27(11)39)29(41)43-3)7-5-13(23(19)35)14-6-8-18-20(24(14)36)26(38)22-16(34)10-12(2)28(40)32(22,46-18)30(42)44-4/h5-8,11-12,27-28,35-40H,9-10H2,1-4H3. The minimum absolute atomic E-state index is 0.163. The molecule has 2 aromatic rings. The first-order valence-electron chi connectivity index (χ1n) is 14.3. The van der Waals surface area contributed by atoms with E-state index in [1.807, 2.05) is 0 Å². The van der Waals surface area contributed by atoms with Crippen LogP contribution in [0.15, 0.2) is 35.4 Å². The summed E-state index contributed by atoms with van der Waals surface area (Å²) in [6, 6.07) is 4.92. The summed E-state index contributed by atoms with van der Waals surface area (Å²) < 4.78 is 21.5. The Morgan fingerprint density at radius 2 is 1.04 bits per heavy atom. The van der Waals surface area contributed by atoms with Crippen molar-refractivity contribution >= 4 is 35.0 Å². The molecule has 0 aromatic heterocycles. The normalized spacial score (nSPS) is 29.9. The van der Waals surface area contributed by atoms with Crippen LogP contribution in [-0.2, 0) is 28.7 Å². The quantitative estimate of drug-likeness (QED) is 0.264. The van der Waals surface area contributed by atoms with E-state index in [2.05, 4.69) is 0 Å². The zero-order valence-corrected chi connectivity index (χ0v) is 25.0. The molecule has 46 heavy (non-hydrogen) atoms. The number of Topliss-reactive ketones (excluding diaryl/α,β-unsaturated/α-hetero) is 2. The highest BCUT2D eigenvalue weighted by Gasteiger charge is 2.64. The number of benzene rings is 2. The van der Waals surface area contributed by atoms with Gasteiger partial charge in [-0.25, -0.2) is 9.59 Å². The number of hydrogen-bond donors (Lipinski definition) is 6. The molecule has 2 aliphatic carbocycles. The Morgan fingerprint density at radius 3 is 1.37 bits per heavy atom. The number of carbonyl (C=O) groups excluding carboxylic acids is 4. The average molecular weight is 639 g/mol. The van der Waals surface area contributed by atoms with Gasteiger partial charge in [0.2, 0.25) is 0 Å². The third kappa shape index (κ3) is 3.70. The molecule has 6 unspecified atom stereocenters. The maximum absolute atomic E-state index is 13.2. The second-order valence-corrected chi connectivity index (χ2v) is 11.9. The maximum Gasteiger partial charge on any atom is 0.358 e. The van der Waals surface area contributed by atoms with E-state index in [0.717, 1.165) is 14.2 Å². The highest BCUT2D eigenvalue weighted by molar-refractivity contribution is 6.14. The van der Waals surface area contributed by atoms with Crippen molar-refractivity contribution in [2.24, 2.45) is 11.8 Å². The minimum Gasteiger partial charge on any atom is -0.506 e. The number of aromatic hydroxyl groups is 2. The molecular weight excluding hydrogens is 608 g/mol. The van der Waals surface area contributed by atoms with E-state index in [0.29, 0.717) is 0 Å². The number of aliphatic hydroxyl groups excluding tert-OH is 4. The molecule has 2 aliphatic heterocycles. The molecule has 2 fully saturated rings. The maximum atomic E-state index is 13.2. The molecule has 0 bridgehead atoms. The van der Waals surface area contributed by atoms with Crippen molar-refractivity contribution in [2.45, 2.75) is 50.1 Å². The van der Waals surface area contributed by atoms with E-state index in [4.69, 9.17) is 18.9 Å². The number of esters is 2. The van der Waals surface area contributed by atoms with Gasteiger partial charge >= 0.3 is 11.9 Å². The molecule has 0 radical (unpaired) electrons. The third-order valence-electron chi connectivity index (χ3n) is 9.26. The number of ether oxygens (including phenoxy) is 4. The second kappa shape index (κ2) is 10.2. The van der Waals surface area contributed by atoms with Gasteiger partial charge in [0, 0.05) is 24.0 Å². The summed E-state index contributed by atoms with van der Waals surface area (Å²) in [5, 5.41) is 67.7. The van der Waals surface area contributed by atoms with Gasteiger partial charge in [-0.2, -0.15) is 0 Å². The van der Waals surface area contributed by atoms with Crippen LogP contribution in [-0.4, -0.2) is 91.8 Å². The lowest BCUT2D eigenvalue weighted by Gasteiger charge is -2.45. The first kappa shape index (κ1) is 30.9. The first-order chi connectivity index (χ1) is 21.7. The lowest BCUT2D eigenvalue weighted by molar-refractivity contribution is -0.173. The van der Waals surface area contributed by atoms with Crippen molar-refractivity contribution in [2.75, 3.05) is 14.2 Å². The van der Waals surface area contributed by atoms with Crippen molar-refractivity contribution in [3.8, 4) is 34.1 Å². The smallest absolute Gasteiger partial charge is 0.358 e. The van der Waals surface area contributed by atoms with Crippen LogP contribution < -0.4 is 9.47 Å². The Labute approximate surface area is 260 Å². The van der Waals surface area contributed by atoms with Gasteiger partial charge in [-0.05, 0) is 36.1 Å². The predicted octanol–water partition coefficient (Wildman–Crippen LogP) is 1.85. The Bertz CT molecular complexity index is 1690. The molecule has 14 nitrogen and oxygen atoms in total. The van der Waals surface area contributed by atoms with E-state index in [-0.39, 0.29) is 35.5 Å². The number of methoxy groups -OCH3 is 2. The molecule has 242 valence electrons. The molecule has 2 saturated carbocycles. The van der Waals surface area contributed by atoms with E-state index in [9.17, 15) is 49.8 Å². The molecule has 0 saturated heterocycles. The Morgan fingerprint density at radius 1 is 0.696 bits per heavy atom. The summed E-state index contributed by atoms with van der Waals surface area (Å²) in [4.78, 5) is 52.3. The predicted molar refractivity (Wildman–Crippen MR) is 155 cm³/mol. The minimum atomic E-state index is -2.42. The molecule has 0 spiro atoms. The van der Waals surface area contributed by atoms with Crippen LogP contribution in [0.5, 0.6) is 23.0 Å². The van der Waals surface area contributed by atoms with Gasteiger partial charge in [0.15, 0.2) is 11.6 Å². The van der Waals surface area contributed by atoms with Gasteiger partial charge in [0.1, 0.15) is 57.9 Å². The topological polar surface area (TPSA) is 227 Å². The van der Waals surface area contributed by atoms with Crippen molar-refractivity contribution in [3.63, 3.8) is 0 Å². The Balaban J connectivity index is 1.55. The molecule has 14 heteroatoms. The Kier molecular flexibility index (Phi) is 6.87. The van der Waals surface area contributed by atoms with Gasteiger partial charge in [-0.15, -0.1) is 0 Å². The summed E-state index contributed by atoms with van der Waals surface area (Å²) in [5.74, 6) is -9.01. The van der Waals surface area contributed by atoms with Crippen LogP contribution in [0.25, 0.3) is 22.6 Å². The number of rotatable bonds is 3.